The summed E-state index contributed by atoms with van der Waals surface area (Å²) in [5.41, 5.74) is 0.564. The summed E-state index contributed by atoms with van der Waals surface area (Å²) in [5, 5.41) is 3.10. The summed E-state index contributed by atoms with van der Waals surface area (Å²) in [5.74, 6) is -0.240. The molecule has 1 heterocycles. The van der Waals surface area contributed by atoms with Crippen molar-refractivity contribution in [3.63, 3.8) is 0 Å². The Morgan fingerprint density at radius 1 is 1.21 bits per heavy atom. The average Bonchev–Trinajstić information content (AvgIpc) is 3.21. The van der Waals surface area contributed by atoms with Crippen LogP contribution in [0.15, 0.2) is 24.3 Å². The minimum absolute atomic E-state index is 0.00135. The van der Waals surface area contributed by atoms with Gasteiger partial charge >= 0.3 is 6.03 Å². The highest BCUT2D eigenvalue weighted by Crippen LogP contribution is 2.45. The smallest absolute Gasteiger partial charge is 0.318 e. The number of amides is 2. The molecule has 2 fully saturated rings. The van der Waals surface area contributed by atoms with E-state index in [0.29, 0.717) is 0 Å². The number of rotatable bonds is 2. The molecule has 0 radical (unpaired) electrons. The third-order valence-electron chi connectivity index (χ3n) is 4.12. The Bertz CT molecular complexity index is 479. The number of urea groups is 1. The minimum Gasteiger partial charge on any atom is -0.328 e. The maximum Gasteiger partial charge on any atom is 0.318 e. The maximum absolute atomic E-state index is 13.3. The van der Waals surface area contributed by atoms with Crippen molar-refractivity contribution >= 4 is 6.03 Å². The van der Waals surface area contributed by atoms with E-state index in [9.17, 15) is 9.18 Å². The van der Waals surface area contributed by atoms with Crippen LogP contribution in [0.1, 0.15) is 37.7 Å². The molecule has 0 unspecified atom stereocenters. The molecule has 0 atom stereocenters. The van der Waals surface area contributed by atoms with E-state index >= 15 is 0 Å². The number of likely N-dealkylation sites (tertiary alicyclic amines) is 1. The highest BCUT2D eigenvalue weighted by molar-refractivity contribution is 5.76. The molecule has 0 aromatic heterocycles. The minimum atomic E-state index is -0.323. The maximum atomic E-state index is 13.3. The van der Waals surface area contributed by atoms with Gasteiger partial charge in [0.25, 0.3) is 0 Å². The van der Waals surface area contributed by atoms with Gasteiger partial charge in [-0.3, -0.25) is 0 Å². The van der Waals surface area contributed by atoms with Crippen molar-refractivity contribution in [2.45, 2.75) is 37.6 Å². The normalized spacial score (nSPS) is 21.0. The van der Waals surface area contributed by atoms with Crippen molar-refractivity contribution in [3.05, 3.63) is 35.6 Å². The first-order valence-electron chi connectivity index (χ1n) is 7.03. The van der Waals surface area contributed by atoms with Gasteiger partial charge in [0.2, 0.25) is 0 Å². The molecule has 1 aliphatic carbocycles. The summed E-state index contributed by atoms with van der Waals surface area (Å²) < 4.78 is 13.3. The number of benzene rings is 1. The van der Waals surface area contributed by atoms with Gasteiger partial charge in [-0.05, 0) is 49.8 Å². The number of nitrogens with zero attached hydrogens (tertiary/aromatic N) is 1. The number of piperidine rings is 1. The standard InChI is InChI=1S/C15H19FN2O/c16-13-6-4-5-12(11-13)15(7-8-15)17-14(19)18-9-2-1-3-10-18/h4-6,11H,1-3,7-10H2,(H,17,19). The van der Waals surface area contributed by atoms with Gasteiger partial charge in [-0.15, -0.1) is 0 Å². The lowest BCUT2D eigenvalue weighted by Gasteiger charge is -2.29. The second kappa shape index (κ2) is 4.83. The van der Waals surface area contributed by atoms with Crippen LogP contribution in [0.5, 0.6) is 0 Å². The molecule has 2 aliphatic rings. The monoisotopic (exact) mass is 262 g/mol. The molecule has 1 N–H and O–H groups in total. The summed E-state index contributed by atoms with van der Waals surface area (Å²) in [6.07, 6.45) is 5.17. The first-order chi connectivity index (χ1) is 9.20. The molecule has 0 spiro atoms. The van der Waals surface area contributed by atoms with Crippen molar-refractivity contribution in [1.82, 2.24) is 10.2 Å². The molecule has 3 rings (SSSR count). The van der Waals surface area contributed by atoms with Crippen LogP contribution in [-0.4, -0.2) is 24.0 Å². The zero-order valence-corrected chi connectivity index (χ0v) is 11.0. The Morgan fingerprint density at radius 3 is 2.58 bits per heavy atom. The molecule has 0 bridgehead atoms. The van der Waals surface area contributed by atoms with Gasteiger partial charge in [-0.1, -0.05) is 12.1 Å². The van der Waals surface area contributed by atoms with Crippen molar-refractivity contribution in [2.24, 2.45) is 0 Å². The third-order valence-corrected chi connectivity index (χ3v) is 4.12. The lowest BCUT2D eigenvalue weighted by atomic mass is 10.0. The highest BCUT2D eigenvalue weighted by atomic mass is 19.1. The number of hydrogen-bond acceptors (Lipinski definition) is 1. The second-order valence-corrected chi connectivity index (χ2v) is 5.57. The second-order valence-electron chi connectivity index (χ2n) is 5.57. The van der Waals surface area contributed by atoms with Gasteiger partial charge in [-0.25, -0.2) is 9.18 Å². The Morgan fingerprint density at radius 2 is 1.95 bits per heavy atom. The summed E-state index contributed by atoms with van der Waals surface area (Å²) in [6, 6.07) is 6.57. The lowest BCUT2D eigenvalue weighted by Crippen LogP contribution is -2.46. The molecule has 4 heteroatoms. The Balaban J connectivity index is 1.70. The molecule has 3 nitrogen and oxygen atoms in total. The summed E-state index contributed by atoms with van der Waals surface area (Å²) >= 11 is 0. The van der Waals surface area contributed by atoms with E-state index in [1.165, 1.54) is 18.6 Å². The predicted molar refractivity (Wildman–Crippen MR) is 71.3 cm³/mol. The van der Waals surface area contributed by atoms with Gasteiger partial charge in [0.15, 0.2) is 0 Å². The largest absolute Gasteiger partial charge is 0.328 e. The zero-order chi connectivity index (χ0) is 13.3. The Labute approximate surface area is 112 Å². The van der Waals surface area contributed by atoms with E-state index in [4.69, 9.17) is 0 Å². The summed E-state index contributed by atoms with van der Waals surface area (Å²) in [7, 11) is 0. The fourth-order valence-corrected chi connectivity index (χ4v) is 2.78. The molecule has 1 aromatic rings. The lowest BCUT2D eigenvalue weighted by molar-refractivity contribution is 0.181. The van der Waals surface area contributed by atoms with Crippen LogP contribution in [0.2, 0.25) is 0 Å². The number of carbonyl (C=O) groups excluding carboxylic acids is 1. The fraction of sp³-hybridized carbons (Fsp3) is 0.533. The number of nitrogens with one attached hydrogen (secondary N) is 1. The van der Waals surface area contributed by atoms with Crippen LogP contribution in [-0.2, 0) is 5.54 Å². The van der Waals surface area contributed by atoms with E-state index in [-0.39, 0.29) is 17.4 Å². The molecular formula is C15H19FN2O. The Hall–Kier alpha value is -1.58. The third kappa shape index (κ3) is 2.57. The van der Waals surface area contributed by atoms with E-state index in [0.717, 1.165) is 44.3 Å². The van der Waals surface area contributed by atoms with Gasteiger partial charge in [0.05, 0.1) is 5.54 Å². The van der Waals surface area contributed by atoms with Gasteiger partial charge in [0, 0.05) is 13.1 Å². The SMILES string of the molecule is O=C(NC1(c2cccc(F)c2)CC1)N1CCCCC1. The van der Waals surface area contributed by atoms with Crippen LogP contribution in [0.3, 0.4) is 0 Å². The van der Waals surface area contributed by atoms with E-state index in [2.05, 4.69) is 5.32 Å². The summed E-state index contributed by atoms with van der Waals surface area (Å²) in [4.78, 5) is 14.1. The summed E-state index contributed by atoms with van der Waals surface area (Å²) in [6.45, 7) is 1.68. The molecule has 1 saturated carbocycles. The molecule has 102 valence electrons. The topological polar surface area (TPSA) is 32.3 Å². The van der Waals surface area contributed by atoms with E-state index in [1.54, 1.807) is 6.07 Å². The van der Waals surface area contributed by atoms with Crippen LogP contribution >= 0.6 is 0 Å². The van der Waals surface area contributed by atoms with Gasteiger partial charge in [-0.2, -0.15) is 0 Å². The molecule has 19 heavy (non-hydrogen) atoms. The van der Waals surface area contributed by atoms with E-state index in [1.807, 2.05) is 11.0 Å². The van der Waals surface area contributed by atoms with Crippen molar-refractivity contribution in [3.8, 4) is 0 Å². The van der Waals surface area contributed by atoms with Gasteiger partial charge in [0.1, 0.15) is 5.82 Å². The quantitative estimate of drug-likeness (QED) is 0.873. The van der Waals surface area contributed by atoms with Crippen molar-refractivity contribution in [2.75, 3.05) is 13.1 Å². The van der Waals surface area contributed by atoms with Crippen LogP contribution in [0.25, 0.3) is 0 Å². The number of carbonyl (C=O) groups is 1. The fourth-order valence-electron chi connectivity index (χ4n) is 2.78. The van der Waals surface area contributed by atoms with Crippen LogP contribution in [0.4, 0.5) is 9.18 Å². The first-order valence-corrected chi connectivity index (χ1v) is 7.03. The van der Waals surface area contributed by atoms with Crippen LogP contribution in [0, 0.1) is 5.82 Å². The zero-order valence-electron chi connectivity index (χ0n) is 11.0. The molecular weight excluding hydrogens is 243 g/mol. The van der Waals surface area contributed by atoms with E-state index < -0.39 is 0 Å². The molecule has 1 saturated heterocycles. The van der Waals surface area contributed by atoms with Gasteiger partial charge < -0.3 is 10.2 Å². The Kier molecular flexibility index (Phi) is 3.17. The van der Waals surface area contributed by atoms with Crippen molar-refractivity contribution in [1.29, 1.82) is 0 Å². The average molecular weight is 262 g/mol. The highest BCUT2D eigenvalue weighted by Gasteiger charge is 2.46. The molecule has 2 amide bonds. The number of halogens is 1. The molecule has 1 aromatic carbocycles. The van der Waals surface area contributed by atoms with Crippen molar-refractivity contribution < 1.29 is 9.18 Å². The first kappa shape index (κ1) is 12.5. The van der Waals surface area contributed by atoms with Crippen LogP contribution < -0.4 is 5.32 Å². The number of hydrogen-bond donors (Lipinski definition) is 1. The predicted octanol–water partition coefficient (Wildman–Crippen LogP) is 3.01. The molecule has 1 aliphatic heterocycles.